The van der Waals surface area contributed by atoms with Crippen molar-refractivity contribution < 1.29 is 4.74 Å². The van der Waals surface area contributed by atoms with Gasteiger partial charge in [0.2, 0.25) is 0 Å². The van der Waals surface area contributed by atoms with Crippen LogP contribution in [0, 0.1) is 6.92 Å². The van der Waals surface area contributed by atoms with E-state index in [1.54, 1.807) is 11.3 Å². The van der Waals surface area contributed by atoms with Crippen LogP contribution in [0.2, 0.25) is 0 Å². The topological polar surface area (TPSA) is 35.2 Å². The molecule has 2 N–H and O–H groups in total. The third-order valence-corrected chi connectivity index (χ3v) is 4.44. The van der Waals surface area contributed by atoms with E-state index in [1.807, 2.05) is 0 Å². The quantitative estimate of drug-likeness (QED) is 0.926. The fraction of sp³-hybridized carbons (Fsp3) is 0.636. The Balaban J connectivity index is 2.00. The van der Waals surface area contributed by atoms with Crippen molar-refractivity contribution >= 4 is 27.3 Å². The van der Waals surface area contributed by atoms with Crippen LogP contribution in [0.15, 0.2) is 9.85 Å². The van der Waals surface area contributed by atoms with Crippen molar-refractivity contribution in [1.29, 1.82) is 0 Å². The van der Waals surface area contributed by atoms with Gasteiger partial charge in [-0.3, -0.25) is 0 Å². The zero-order valence-electron chi connectivity index (χ0n) is 8.83. The second-order valence-electron chi connectivity index (χ2n) is 4.04. The molecule has 0 bridgehead atoms. The van der Waals surface area contributed by atoms with E-state index in [2.05, 4.69) is 28.9 Å². The summed E-state index contributed by atoms with van der Waals surface area (Å²) < 4.78 is 6.77. The van der Waals surface area contributed by atoms with Gasteiger partial charge >= 0.3 is 0 Å². The molecule has 0 amide bonds. The van der Waals surface area contributed by atoms with Crippen LogP contribution in [0.5, 0.6) is 0 Å². The van der Waals surface area contributed by atoms with Gasteiger partial charge in [-0.25, -0.2) is 0 Å². The maximum Gasteiger partial charge on any atom is 0.0704 e. The van der Waals surface area contributed by atoms with E-state index in [4.69, 9.17) is 10.5 Å². The number of nitrogens with two attached hydrogens (primary N) is 1. The Labute approximate surface area is 103 Å². The Morgan fingerprint density at radius 3 is 3.07 bits per heavy atom. The molecule has 0 radical (unpaired) electrons. The first kappa shape index (κ1) is 11.6. The van der Waals surface area contributed by atoms with Crippen LogP contribution in [-0.4, -0.2) is 12.7 Å². The zero-order chi connectivity index (χ0) is 10.8. The van der Waals surface area contributed by atoms with Gasteiger partial charge in [0.05, 0.1) is 9.89 Å². The predicted molar refractivity (Wildman–Crippen MR) is 67.3 cm³/mol. The molecule has 1 fully saturated rings. The Bertz CT molecular complexity index is 333. The van der Waals surface area contributed by atoms with Gasteiger partial charge in [-0.05, 0) is 53.7 Å². The number of rotatable bonds is 3. The lowest BCUT2D eigenvalue weighted by atomic mass is 10.0. The first-order valence-corrected chi connectivity index (χ1v) is 6.91. The van der Waals surface area contributed by atoms with Crippen molar-refractivity contribution in [1.82, 2.24) is 0 Å². The van der Waals surface area contributed by atoms with Crippen LogP contribution in [0.1, 0.15) is 35.7 Å². The number of aryl methyl sites for hydroxylation is 1. The molecule has 1 aliphatic heterocycles. The van der Waals surface area contributed by atoms with E-state index < -0.39 is 0 Å². The second kappa shape index (κ2) is 4.95. The first-order valence-electron chi connectivity index (χ1n) is 5.30. The average molecular weight is 290 g/mol. The molecule has 0 aromatic carbocycles. The Kier molecular flexibility index (Phi) is 3.83. The lowest BCUT2D eigenvalue weighted by Gasteiger charge is -2.16. The van der Waals surface area contributed by atoms with Crippen molar-refractivity contribution in [3.05, 3.63) is 20.3 Å². The summed E-state index contributed by atoms with van der Waals surface area (Å²) in [6.07, 6.45) is 3.67. The SMILES string of the molecule is Cc1sc(Br)cc1C(N)CC1CCCO1. The fourth-order valence-electron chi connectivity index (χ4n) is 2.07. The maximum absolute atomic E-state index is 6.19. The lowest BCUT2D eigenvalue weighted by Crippen LogP contribution is -2.18. The molecule has 2 unspecified atom stereocenters. The Hall–Kier alpha value is 0.1000. The summed E-state index contributed by atoms with van der Waals surface area (Å²) in [6.45, 7) is 3.03. The molecule has 15 heavy (non-hydrogen) atoms. The standard InChI is InChI=1S/C11H16BrNOS/c1-7-9(6-11(12)15-7)10(13)5-8-3-2-4-14-8/h6,8,10H,2-5,13H2,1H3. The molecule has 1 aromatic rings. The number of ether oxygens (including phenoxy) is 1. The third kappa shape index (κ3) is 2.81. The highest BCUT2D eigenvalue weighted by molar-refractivity contribution is 9.11. The second-order valence-corrected chi connectivity index (χ2v) is 6.67. The van der Waals surface area contributed by atoms with Gasteiger partial charge in [0.15, 0.2) is 0 Å². The highest BCUT2D eigenvalue weighted by Crippen LogP contribution is 2.32. The highest BCUT2D eigenvalue weighted by Gasteiger charge is 2.21. The van der Waals surface area contributed by atoms with Crippen LogP contribution in [-0.2, 0) is 4.74 Å². The van der Waals surface area contributed by atoms with Gasteiger partial charge < -0.3 is 10.5 Å². The van der Waals surface area contributed by atoms with Crippen molar-refractivity contribution in [2.75, 3.05) is 6.61 Å². The van der Waals surface area contributed by atoms with E-state index in [0.717, 1.165) is 23.2 Å². The van der Waals surface area contributed by atoms with Gasteiger partial charge in [-0.2, -0.15) is 0 Å². The summed E-state index contributed by atoms with van der Waals surface area (Å²) in [7, 11) is 0. The molecule has 2 rings (SSSR count). The van der Waals surface area contributed by atoms with Crippen molar-refractivity contribution in [3.63, 3.8) is 0 Å². The number of thiophene rings is 1. The van der Waals surface area contributed by atoms with Crippen molar-refractivity contribution in [2.24, 2.45) is 5.73 Å². The summed E-state index contributed by atoms with van der Waals surface area (Å²) in [4.78, 5) is 1.31. The number of hydrogen-bond donors (Lipinski definition) is 1. The minimum absolute atomic E-state index is 0.121. The minimum atomic E-state index is 0.121. The van der Waals surface area contributed by atoms with E-state index >= 15 is 0 Å². The summed E-state index contributed by atoms with van der Waals surface area (Å²) in [5.74, 6) is 0. The molecule has 0 saturated carbocycles. The zero-order valence-corrected chi connectivity index (χ0v) is 11.2. The van der Waals surface area contributed by atoms with E-state index in [1.165, 1.54) is 16.9 Å². The number of hydrogen-bond acceptors (Lipinski definition) is 3. The summed E-state index contributed by atoms with van der Waals surface area (Å²) in [5, 5.41) is 0. The summed E-state index contributed by atoms with van der Waals surface area (Å²) in [6, 6.07) is 2.26. The van der Waals surface area contributed by atoms with Gasteiger partial charge in [-0.15, -0.1) is 11.3 Å². The number of halogens is 1. The van der Waals surface area contributed by atoms with Crippen molar-refractivity contribution in [2.45, 2.75) is 38.3 Å². The van der Waals surface area contributed by atoms with E-state index in [9.17, 15) is 0 Å². The summed E-state index contributed by atoms with van der Waals surface area (Å²) >= 11 is 5.25. The smallest absolute Gasteiger partial charge is 0.0704 e. The van der Waals surface area contributed by atoms with Crippen LogP contribution in [0.4, 0.5) is 0 Å². The summed E-state index contributed by atoms with van der Waals surface area (Å²) in [5.41, 5.74) is 7.46. The normalized spacial score (nSPS) is 23.3. The molecule has 2 heterocycles. The molecule has 4 heteroatoms. The molecule has 84 valence electrons. The van der Waals surface area contributed by atoms with E-state index in [-0.39, 0.29) is 6.04 Å². The molecule has 1 saturated heterocycles. The van der Waals surface area contributed by atoms with Gasteiger partial charge in [0.1, 0.15) is 0 Å². The van der Waals surface area contributed by atoms with Crippen molar-refractivity contribution in [3.8, 4) is 0 Å². The molecule has 1 aliphatic rings. The highest BCUT2D eigenvalue weighted by atomic mass is 79.9. The third-order valence-electron chi connectivity index (χ3n) is 2.87. The molecule has 0 aliphatic carbocycles. The molecule has 0 spiro atoms. The first-order chi connectivity index (χ1) is 7.16. The van der Waals surface area contributed by atoms with Crippen LogP contribution >= 0.6 is 27.3 Å². The van der Waals surface area contributed by atoms with Crippen LogP contribution in [0.25, 0.3) is 0 Å². The minimum Gasteiger partial charge on any atom is -0.378 e. The molecular formula is C11H16BrNOS. The van der Waals surface area contributed by atoms with Crippen LogP contribution in [0.3, 0.4) is 0 Å². The molecule has 2 atom stereocenters. The Morgan fingerprint density at radius 1 is 1.73 bits per heavy atom. The fourth-order valence-corrected chi connectivity index (χ4v) is 3.85. The molecule has 2 nitrogen and oxygen atoms in total. The largest absolute Gasteiger partial charge is 0.378 e. The van der Waals surface area contributed by atoms with Gasteiger partial charge in [0, 0.05) is 17.5 Å². The van der Waals surface area contributed by atoms with Gasteiger partial charge in [-0.1, -0.05) is 0 Å². The van der Waals surface area contributed by atoms with E-state index in [0.29, 0.717) is 6.10 Å². The Morgan fingerprint density at radius 2 is 2.53 bits per heavy atom. The van der Waals surface area contributed by atoms with Crippen LogP contribution < -0.4 is 5.73 Å². The van der Waals surface area contributed by atoms with Gasteiger partial charge in [0.25, 0.3) is 0 Å². The monoisotopic (exact) mass is 289 g/mol. The predicted octanol–water partition coefficient (Wildman–Crippen LogP) is 3.39. The lowest BCUT2D eigenvalue weighted by molar-refractivity contribution is 0.0983. The molecular weight excluding hydrogens is 274 g/mol. The average Bonchev–Trinajstić information content (AvgIpc) is 2.75. The molecule has 1 aromatic heterocycles. The maximum atomic E-state index is 6.19.